The van der Waals surface area contributed by atoms with Crippen LogP contribution in [0.25, 0.3) is 5.57 Å². The Labute approximate surface area is 145 Å². The van der Waals surface area contributed by atoms with Gasteiger partial charge >= 0.3 is 0 Å². The third-order valence-electron chi connectivity index (χ3n) is 5.74. The van der Waals surface area contributed by atoms with Crippen LogP contribution in [0.5, 0.6) is 0 Å². The van der Waals surface area contributed by atoms with E-state index >= 15 is 0 Å². The molecule has 2 aliphatic carbocycles. The quantitative estimate of drug-likeness (QED) is 0.570. The van der Waals surface area contributed by atoms with Crippen molar-refractivity contribution >= 4 is 11.4 Å². The van der Waals surface area contributed by atoms with Crippen molar-refractivity contribution in [2.75, 3.05) is 13.1 Å². The number of hydrogen-bond acceptors (Lipinski definition) is 2. The van der Waals surface area contributed by atoms with Crippen molar-refractivity contribution in [1.29, 1.82) is 0 Å². The molecular weight excluding hydrogens is 294 g/mol. The number of fused-ring (bicyclic) bond motifs is 1. The van der Waals surface area contributed by atoms with Gasteiger partial charge in [0.2, 0.25) is 0 Å². The van der Waals surface area contributed by atoms with Crippen LogP contribution in [0.2, 0.25) is 0 Å². The highest BCUT2D eigenvalue weighted by atomic mass is 16.1. The number of likely N-dealkylation sites (tertiary alicyclic amines) is 1. The van der Waals surface area contributed by atoms with Crippen molar-refractivity contribution in [2.45, 2.75) is 57.8 Å². The number of ketones is 1. The second kappa shape index (κ2) is 6.96. The van der Waals surface area contributed by atoms with Crippen molar-refractivity contribution in [3.63, 3.8) is 0 Å². The molecule has 24 heavy (non-hydrogen) atoms. The maximum atomic E-state index is 12.5. The van der Waals surface area contributed by atoms with Gasteiger partial charge in [-0.05, 0) is 61.3 Å². The number of carbonyl (C=O) groups is 1. The van der Waals surface area contributed by atoms with Gasteiger partial charge in [0.25, 0.3) is 0 Å². The zero-order valence-electron chi connectivity index (χ0n) is 14.5. The smallest absolute Gasteiger partial charge is 0.158 e. The van der Waals surface area contributed by atoms with Crippen molar-refractivity contribution < 1.29 is 4.79 Å². The van der Waals surface area contributed by atoms with Crippen molar-refractivity contribution in [3.8, 4) is 0 Å². The first-order valence-electron chi connectivity index (χ1n) is 9.63. The fraction of sp³-hybridized carbons (Fsp3) is 0.500. The molecule has 1 heterocycles. The summed E-state index contributed by atoms with van der Waals surface area (Å²) < 4.78 is 0. The lowest BCUT2D eigenvalue weighted by molar-refractivity contribution is -0.115. The molecule has 1 aromatic carbocycles. The Morgan fingerprint density at radius 1 is 0.875 bits per heavy atom. The Hall–Kier alpha value is -1.83. The summed E-state index contributed by atoms with van der Waals surface area (Å²) in [6, 6.07) is 8.75. The lowest BCUT2D eigenvalue weighted by Gasteiger charge is -2.30. The maximum absolute atomic E-state index is 12.5. The van der Waals surface area contributed by atoms with Crippen LogP contribution < -0.4 is 0 Å². The van der Waals surface area contributed by atoms with Gasteiger partial charge < -0.3 is 4.90 Å². The Morgan fingerprint density at radius 3 is 2.50 bits per heavy atom. The van der Waals surface area contributed by atoms with Crippen LogP contribution in [0.3, 0.4) is 0 Å². The molecule has 0 aromatic heterocycles. The second-order valence-electron chi connectivity index (χ2n) is 7.40. The lowest BCUT2D eigenvalue weighted by Crippen LogP contribution is -2.29. The Morgan fingerprint density at radius 2 is 1.62 bits per heavy atom. The number of hydrogen-bond donors (Lipinski definition) is 0. The lowest BCUT2D eigenvalue weighted by atomic mass is 9.99. The highest BCUT2D eigenvalue weighted by Gasteiger charge is 2.26. The number of rotatable bonds is 2. The van der Waals surface area contributed by atoms with E-state index in [1.807, 2.05) is 0 Å². The van der Waals surface area contributed by atoms with E-state index in [9.17, 15) is 4.79 Å². The number of carbonyl (C=O) groups excluding carboxylic acids is 1. The van der Waals surface area contributed by atoms with Crippen molar-refractivity contribution in [3.05, 3.63) is 52.7 Å². The summed E-state index contributed by atoms with van der Waals surface area (Å²) in [7, 11) is 0. The van der Waals surface area contributed by atoms with Crippen LogP contribution in [-0.2, 0) is 11.2 Å². The third kappa shape index (κ3) is 3.07. The van der Waals surface area contributed by atoms with Gasteiger partial charge in [-0.2, -0.15) is 0 Å². The van der Waals surface area contributed by atoms with Gasteiger partial charge in [-0.3, -0.25) is 4.79 Å². The molecule has 0 bridgehead atoms. The van der Waals surface area contributed by atoms with Crippen LogP contribution in [0.15, 0.2) is 41.6 Å². The summed E-state index contributed by atoms with van der Waals surface area (Å²) in [5.41, 5.74) is 6.63. The monoisotopic (exact) mass is 321 g/mol. The van der Waals surface area contributed by atoms with E-state index in [1.165, 1.54) is 61.2 Å². The molecule has 0 amide bonds. The molecule has 0 spiro atoms. The minimum atomic E-state index is 0.377. The molecule has 1 saturated heterocycles. The highest BCUT2D eigenvalue weighted by molar-refractivity contribution is 5.99. The van der Waals surface area contributed by atoms with Gasteiger partial charge in [0.1, 0.15) is 0 Å². The van der Waals surface area contributed by atoms with E-state index in [-0.39, 0.29) is 0 Å². The summed E-state index contributed by atoms with van der Waals surface area (Å²) in [6.45, 7) is 2.34. The minimum absolute atomic E-state index is 0.377. The van der Waals surface area contributed by atoms with Gasteiger partial charge in [0.05, 0.1) is 0 Å². The first-order chi connectivity index (χ1) is 11.8. The van der Waals surface area contributed by atoms with E-state index in [2.05, 4.69) is 35.2 Å². The van der Waals surface area contributed by atoms with E-state index in [4.69, 9.17) is 0 Å². The van der Waals surface area contributed by atoms with Crippen LogP contribution >= 0.6 is 0 Å². The minimum Gasteiger partial charge on any atom is -0.374 e. The molecule has 0 radical (unpaired) electrons. The zero-order valence-corrected chi connectivity index (χ0v) is 14.5. The van der Waals surface area contributed by atoms with E-state index < -0.39 is 0 Å². The van der Waals surface area contributed by atoms with E-state index in [1.54, 1.807) is 0 Å². The molecule has 126 valence electrons. The van der Waals surface area contributed by atoms with Crippen LogP contribution in [0.4, 0.5) is 0 Å². The molecule has 2 fully saturated rings. The van der Waals surface area contributed by atoms with Gasteiger partial charge in [-0.15, -0.1) is 0 Å². The summed E-state index contributed by atoms with van der Waals surface area (Å²) in [4.78, 5) is 15.1. The van der Waals surface area contributed by atoms with Crippen molar-refractivity contribution in [2.24, 2.45) is 0 Å². The predicted octanol–water partition coefficient (Wildman–Crippen LogP) is 4.90. The molecule has 0 atom stereocenters. The molecular formula is C22H27NO. The Bertz CT molecular complexity index is 692. The fourth-order valence-electron chi connectivity index (χ4n) is 4.38. The topological polar surface area (TPSA) is 20.3 Å². The maximum Gasteiger partial charge on any atom is 0.158 e. The largest absolute Gasteiger partial charge is 0.374 e. The van der Waals surface area contributed by atoms with Crippen LogP contribution in [0, 0.1) is 0 Å². The third-order valence-corrected chi connectivity index (χ3v) is 5.74. The summed E-state index contributed by atoms with van der Waals surface area (Å²) in [5.74, 6) is 0.377. The van der Waals surface area contributed by atoms with Gasteiger partial charge in [0.15, 0.2) is 5.78 Å². The number of nitrogens with zero attached hydrogens (tertiary/aromatic N) is 1. The molecule has 2 nitrogen and oxygen atoms in total. The molecule has 4 rings (SSSR count). The van der Waals surface area contributed by atoms with Gasteiger partial charge in [-0.1, -0.05) is 30.7 Å². The first-order valence-corrected chi connectivity index (χ1v) is 9.63. The Kier molecular flexibility index (Phi) is 4.55. The summed E-state index contributed by atoms with van der Waals surface area (Å²) in [6.07, 6.45) is 12.3. The van der Waals surface area contributed by atoms with Gasteiger partial charge in [0, 0.05) is 37.2 Å². The Balaban J connectivity index is 1.75. The molecule has 1 aromatic rings. The summed E-state index contributed by atoms with van der Waals surface area (Å²) in [5, 5.41) is 0. The number of allylic oxidation sites excluding steroid dienone is 4. The zero-order chi connectivity index (χ0) is 16.4. The molecule has 2 heteroatoms. The standard InChI is InChI=1S/C22H27NO/c24-22-12-4-1-3-10-18(22)15-20-19-11-6-5-9-17(19)16-21(20)23-13-7-2-8-14-23/h5-6,9,11,15H,1-4,7-8,10,12-14,16H2. The van der Waals surface area contributed by atoms with Crippen LogP contribution in [0.1, 0.15) is 62.5 Å². The summed E-state index contributed by atoms with van der Waals surface area (Å²) >= 11 is 0. The highest BCUT2D eigenvalue weighted by Crippen LogP contribution is 2.38. The van der Waals surface area contributed by atoms with Crippen molar-refractivity contribution in [1.82, 2.24) is 4.90 Å². The number of Topliss-reactive ketones (excluding diaryl/α,β-unsaturated/α-hetero) is 1. The first kappa shape index (κ1) is 15.7. The SMILES string of the molecule is O=C1CCCCCC1=CC1=C(N2CCCCC2)Cc2ccccc21. The van der Waals surface area contributed by atoms with E-state index in [0.29, 0.717) is 5.78 Å². The van der Waals surface area contributed by atoms with Crippen LogP contribution in [-0.4, -0.2) is 23.8 Å². The average molecular weight is 321 g/mol. The molecule has 1 aliphatic heterocycles. The van der Waals surface area contributed by atoms with E-state index in [0.717, 1.165) is 37.7 Å². The average Bonchev–Trinajstić information content (AvgIpc) is 2.86. The second-order valence-corrected chi connectivity index (χ2v) is 7.40. The molecule has 0 unspecified atom stereocenters. The fourth-order valence-corrected chi connectivity index (χ4v) is 4.38. The predicted molar refractivity (Wildman–Crippen MR) is 98.7 cm³/mol. The number of benzene rings is 1. The van der Waals surface area contributed by atoms with Gasteiger partial charge in [-0.25, -0.2) is 0 Å². The molecule has 3 aliphatic rings. The molecule has 1 saturated carbocycles. The number of piperidine rings is 1. The normalized spacial score (nSPS) is 23.6. The molecule has 0 N–H and O–H groups in total.